The Labute approximate surface area is 105 Å². The van der Waals surface area contributed by atoms with Gasteiger partial charge in [-0.1, -0.05) is 0 Å². The van der Waals surface area contributed by atoms with Crippen LogP contribution in [0.25, 0.3) is 0 Å². The van der Waals surface area contributed by atoms with Gasteiger partial charge in [0.25, 0.3) is 5.91 Å². The number of halogens is 2. The molecule has 2 N–H and O–H groups in total. The third-order valence-corrected chi connectivity index (χ3v) is 3.31. The first-order valence-corrected chi connectivity index (χ1v) is 6.09. The number of benzene rings is 1. The van der Waals surface area contributed by atoms with Crippen LogP contribution in [-0.4, -0.2) is 29.9 Å². The van der Waals surface area contributed by atoms with Crippen molar-refractivity contribution in [2.24, 2.45) is 5.73 Å². The van der Waals surface area contributed by atoms with Gasteiger partial charge in [0.1, 0.15) is 11.6 Å². The molecule has 1 aliphatic rings. The smallest absolute Gasteiger partial charge is 0.257 e. The van der Waals surface area contributed by atoms with Crippen molar-refractivity contribution in [3.05, 3.63) is 35.4 Å². The number of carbonyl (C=O) groups is 1. The van der Waals surface area contributed by atoms with Crippen LogP contribution in [0, 0.1) is 11.6 Å². The minimum Gasteiger partial charge on any atom is -0.334 e. The lowest BCUT2D eigenvalue weighted by molar-refractivity contribution is 0.0583. The van der Waals surface area contributed by atoms with Crippen LogP contribution in [0.3, 0.4) is 0 Å². The molecule has 0 heterocycles. The van der Waals surface area contributed by atoms with E-state index < -0.39 is 17.5 Å². The van der Waals surface area contributed by atoms with Crippen LogP contribution in [0.4, 0.5) is 8.78 Å². The van der Waals surface area contributed by atoms with Crippen molar-refractivity contribution in [3.63, 3.8) is 0 Å². The van der Waals surface area contributed by atoms with Gasteiger partial charge in [-0.3, -0.25) is 4.79 Å². The third kappa shape index (κ3) is 2.51. The van der Waals surface area contributed by atoms with E-state index in [-0.39, 0.29) is 11.6 Å². The minimum absolute atomic E-state index is 0.115. The van der Waals surface area contributed by atoms with Crippen LogP contribution in [0.15, 0.2) is 18.2 Å². The van der Waals surface area contributed by atoms with Gasteiger partial charge in [0, 0.05) is 19.1 Å². The summed E-state index contributed by atoms with van der Waals surface area (Å²) in [4.78, 5) is 13.8. The van der Waals surface area contributed by atoms with E-state index in [2.05, 4.69) is 0 Å². The van der Waals surface area contributed by atoms with Gasteiger partial charge < -0.3 is 10.6 Å². The van der Waals surface area contributed by atoms with Crippen LogP contribution in [0.5, 0.6) is 0 Å². The van der Waals surface area contributed by atoms with E-state index in [1.807, 2.05) is 0 Å². The average molecular weight is 254 g/mol. The van der Waals surface area contributed by atoms with Crippen LogP contribution < -0.4 is 5.73 Å². The lowest BCUT2D eigenvalue weighted by atomic mass is 9.91. The van der Waals surface area contributed by atoms with E-state index in [4.69, 9.17) is 5.73 Å². The number of amides is 1. The molecule has 1 fully saturated rings. The predicted molar refractivity (Wildman–Crippen MR) is 64.1 cm³/mol. The minimum atomic E-state index is -0.692. The van der Waals surface area contributed by atoms with Crippen molar-refractivity contribution in [2.75, 3.05) is 13.1 Å². The van der Waals surface area contributed by atoms with Crippen molar-refractivity contribution in [1.82, 2.24) is 4.90 Å². The molecular weight excluding hydrogens is 238 g/mol. The Hall–Kier alpha value is -1.49. The van der Waals surface area contributed by atoms with Gasteiger partial charge in [-0.2, -0.15) is 0 Å². The SMILES string of the molecule is NCCN(C(=O)c1cc(F)ccc1F)C1CCC1. The summed E-state index contributed by atoms with van der Waals surface area (Å²) in [5, 5.41) is 0. The summed E-state index contributed by atoms with van der Waals surface area (Å²) in [7, 11) is 0. The van der Waals surface area contributed by atoms with E-state index in [0.29, 0.717) is 13.1 Å². The monoisotopic (exact) mass is 254 g/mol. The molecular formula is C13H16F2N2O. The molecule has 1 saturated carbocycles. The summed E-state index contributed by atoms with van der Waals surface area (Å²) >= 11 is 0. The van der Waals surface area contributed by atoms with Gasteiger partial charge in [0.05, 0.1) is 5.56 Å². The molecule has 1 aromatic carbocycles. The van der Waals surface area contributed by atoms with Crippen molar-refractivity contribution >= 4 is 5.91 Å². The topological polar surface area (TPSA) is 46.3 Å². The molecule has 0 aromatic heterocycles. The maximum Gasteiger partial charge on any atom is 0.257 e. The number of rotatable bonds is 4. The Bertz CT molecular complexity index is 447. The fourth-order valence-electron chi connectivity index (χ4n) is 2.10. The zero-order valence-corrected chi connectivity index (χ0v) is 10.0. The number of nitrogens with zero attached hydrogens (tertiary/aromatic N) is 1. The normalized spacial score (nSPS) is 15.3. The van der Waals surface area contributed by atoms with Gasteiger partial charge >= 0.3 is 0 Å². The largest absolute Gasteiger partial charge is 0.334 e. The van der Waals surface area contributed by atoms with Crippen LogP contribution in [0.1, 0.15) is 29.6 Å². The number of hydrogen-bond donors (Lipinski definition) is 1. The van der Waals surface area contributed by atoms with Gasteiger partial charge in [-0.25, -0.2) is 8.78 Å². The van der Waals surface area contributed by atoms with Gasteiger partial charge in [0.15, 0.2) is 0 Å². The lowest BCUT2D eigenvalue weighted by Gasteiger charge is -2.37. The van der Waals surface area contributed by atoms with Gasteiger partial charge in [-0.15, -0.1) is 0 Å². The maximum absolute atomic E-state index is 13.6. The summed E-state index contributed by atoms with van der Waals surface area (Å²) in [6, 6.07) is 3.04. The van der Waals surface area contributed by atoms with Crippen molar-refractivity contribution in [1.29, 1.82) is 0 Å². The molecule has 18 heavy (non-hydrogen) atoms. The molecule has 0 atom stereocenters. The Morgan fingerprint density at radius 3 is 2.67 bits per heavy atom. The van der Waals surface area contributed by atoms with Crippen LogP contribution in [-0.2, 0) is 0 Å². The lowest BCUT2D eigenvalue weighted by Crippen LogP contribution is -2.46. The standard InChI is InChI=1S/C13H16F2N2O/c14-9-4-5-12(15)11(8-9)13(18)17(7-6-16)10-2-1-3-10/h4-5,8,10H,1-3,6-7,16H2. The molecule has 0 unspecified atom stereocenters. The molecule has 1 aliphatic carbocycles. The molecule has 3 nitrogen and oxygen atoms in total. The first-order valence-electron chi connectivity index (χ1n) is 6.09. The molecule has 1 aromatic rings. The van der Waals surface area contributed by atoms with E-state index in [1.54, 1.807) is 4.90 Å². The van der Waals surface area contributed by atoms with E-state index in [1.165, 1.54) is 0 Å². The second kappa shape index (κ2) is 5.44. The van der Waals surface area contributed by atoms with E-state index in [9.17, 15) is 13.6 Å². The number of nitrogens with two attached hydrogens (primary N) is 1. The molecule has 1 amide bonds. The molecule has 0 saturated heterocycles. The Kier molecular flexibility index (Phi) is 3.91. The predicted octanol–water partition coefficient (Wildman–Crippen LogP) is 1.92. The maximum atomic E-state index is 13.6. The Morgan fingerprint density at radius 1 is 1.39 bits per heavy atom. The second-order valence-electron chi connectivity index (χ2n) is 4.50. The fourth-order valence-corrected chi connectivity index (χ4v) is 2.10. The van der Waals surface area contributed by atoms with Crippen molar-refractivity contribution < 1.29 is 13.6 Å². The number of carbonyl (C=O) groups excluding carboxylic acids is 1. The molecule has 0 bridgehead atoms. The molecule has 98 valence electrons. The summed E-state index contributed by atoms with van der Waals surface area (Å²) in [6.07, 6.45) is 2.87. The molecule has 0 radical (unpaired) electrons. The van der Waals surface area contributed by atoms with Crippen LogP contribution >= 0.6 is 0 Å². The van der Waals surface area contributed by atoms with Gasteiger partial charge in [0.2, 0.25) is 0 Å². The highest BCUT2D eigenvalue weighted by Gasteiger charge is 2.30. The number of hydrogen-bond acceptors (Lipinski definition) is 2. The van der Waals surface area contributed by atoms with E-state index >= 15 is 0 Å². The van der Waals surface area contributed by atoms with Gasteiger partial charge in [-0.05, 0) is 37.5 Å². The average Bonchev–Trinajstić information content (AvgIpc) is 2.28. The highest BCUT2D eigenvalue weighted by Crippen LogP contribution is 2.26. The first kappa shape index (κ1) is 13.0. The highest BCUT2D eigenvalue weighted by molar-refractivity contribution is 5.94. The summed E-state index contributed by atoms with van der Waals surface area (Å²) < 4.78 is 26.7. The van der Waals surface area contributed by atoms with E-state index in [0.717, 1.165) is 37.5 Å². The van der Waals surface area contributed by atoms with Crippen molar-refractivity contribution in [2.45, 2.75) is 25.3 Å². The molecule has 0 aliphatic heterocycles. The third-order valence-electron chi connectivity index (χ3n) is 3.31. The highest BCUT2D eigenvalue weighted by atomic mass is 19.1. The quantitative estimate of drug-likeness (QED) is 0.892. The summed E-state index contributed by atoms with van der Waals surface area (Å²) in [6.45, 7) is 0.693. The zero-order chi connectivity index (χ0) is 13.1. The Balaban J connectivity index is 2.23. The second-order valence-corrected chi connectivity index (χ2v) is 4.50. The summed E-state index contributed by atoms with van der Waals surface area (Å²) in [5.74, 6) is -1.77. The molecule has 0 spiro atoms. The molecule has 2 rings (SSSR count). The zero-order valence-electron chi connectivity index (χ0n) is 10.0. The van der Waals surface area contributed by atoms with Crippen molar-refractivity contribution in [3.8, 4) is 0 Å². The van der Waals surface area contributed by atoms with Crippen LogP contribution in [0.2, 0.25) is 0 Å². The fraction of sp³-hybridized carbons (Fsp3) is 0.462. The first-order chi connectivity index (χ1) is 8.63. The molecule has 5 heteroatoms. The Morgan fingerprint density at radius 2 is 2.11 bits per heavy atom. The summed E-state index contributed by atoms with van der Waals surface area (Å²) in [5.41, 5.74) is 5.26.